The fraction of sp³-hybridized carbons (Fsp3) is 0.286. The summed E-state index contributed by atoms with van der Waals surface area (Å²) in [5.41, 5.74) is 7.60. The number of aliphatic imine (C=N–C) groups is 1. The topological polar surface area (TPSA) is 96.0 Å². The number of carboxylic acid groups (broad SMARTS) is 1. The van der Waals surface area contributed by atoms with Crippen molar-refractivity contribution in [1.82, 2.24) is 4.90 Å². The predicted octanol–water partition coefficient (Wildman–Crippen LogP) is 5.01. The molecular weight excluding hydrogens is 406 g/mol. The highest BCUT2D eigenvalue weighted by molar-refractivity contribution is 7.40. The molecule has 1 fully saturated rings. The maximum absolute atomic E-state index is 12.9. The number of nitrogens with zero attached hydrogens (tertiary/aromatic N) is 2. The number of ketones is 1. The molecule has 1 aliphatic rings. The second-order valence-electron chi connectivity index (χ2n) is 6.99. The van der Waals surface area contributed by atoms with Crippen LogP contribution in [-0.4, -0.2) is 40.7 Å². The van der Waals surface area contributed by atoms with E-state index in [1.807, 2.05) is 13.0 Å². The minimum atomic E-state index is -1.03. The molecule has 0 saturated carbocycles. The van der Waals surface area contributed by atoms with E-state index in [4.69, 9.17) is 5.73 Å². The fourth-order valence-corrected chi connectivity index (χ4v) is 5.97. The molecule has 2 aromatic heterocycles. The number of benzene rings is 1. The molecule has 1 aliphatic heterocycles. The van der Waals surface area contributed by atoms with Gasteiger partial charge in [-0.25, -0.2) is 9.79 Å². The first-order valence-electron chi connectivity index (χ1n) is 9.45. The van der Waals surface area contributed by atoms with Gasteiger partial charge >= 0.3 is 5.97 Å². The first kappa shape index (κ1) is 19.6. The summed E-state index contributed by atoms with van der Waals surface area (Å²) in [5, 5.41) is 10.3. The van der Waals surface area contributed by atoms with E-state index in [1.54, 1.807) is 24.3 Å². The number of anilines is 1. The van der Waals surface area contributed by atoms with Crippen molar-refractivity contribution in [3.63, 3.8) is 0 Å². The quantitative estimate of drug-likeness (QED) is 0.347. The molecule has 0 amide bonds. The molecule has 3 N–H and O–H groups in total. The van der Waals surface area contributed by atoms with Crippen LogP contribution in [0.4, 0.5) is 11.4 Å². The SMILES string of the molecule is CC(=Nc1c(C(=O)O)sc2sc(C(=O)c3ccccc3)c(N)c12)N1CCCCC1. The van der Waals surface area contributed by atoms with Crippen molar-refractivity contribution in [2.24, 2.45) is 4.99 Å². The Kier molecular flexibility index (Phi) is 5.38. The van der Waals surface area contributed by atoms with Gasteiger partial charge in [0.05, 0.1) is 15.1 Å². The number of rotatable bonds is 4. The first-order chi connectivity index (χ1) is 14.0. The molecule has 1 saturated heterocycles. The summed E-state index contributed by atoms with van der Waals surface area (Å²) >= 11 is 2.37. The first-order valence-corrected chi connectivity index (χ1v) is 11.1. The van der Waals surface area contributed by atoms with E-state index >= 15 is 0 Å². The molecule has 0 atom stereocenters. The number of carbonyl (C=O) groups is 2. The van der Waals surface area contributed by atoms with Gasteiger partial charge in [-0.1, -0.05) is 30.3 Å². The lowest BCUT2D eigenvalue weighted by molar-refractivity contribution is 0.0703. The summed E-state index contributed by atoms with van der Waals surface area (Å²) in [6.07, 6.45) is 3.41. The molecule has 0 aliphatic carbocycles. The molecule has 0 bridgehead atoms. The molecular formula is C21H21N3O3S2. The Bertz CT molecular complexity index is 1110. The Morgan fingerprint density at radius 2 is 1.72 bits per heavy atom. The van der Waals surface area contributed by atoms with E-state index in [-0.39, 0.29) is 10.7 Å². The summed E-state index contributed by atoms with van der Waals surface area (Å²) in [6, 6.07) is 8.96. The zero-order chi connectivity index (χ0) is 20.5. The van der Waals surface area contributed by atoms with Crippen molar-refractivity contribution in [2.75, 3.05) is 18.8 Å². The number of thiophene rings is 2. The second-order valence-corrected chi connectivity index (χ2v) is 9.29. The Balaban J connectivity index is 1.82. The Morgan fingerprint density at radius 1 is 1.07 bits per heavy atom. The number of amidine groups is 1. The molecule has 1 aromatic carbocycles. The molecule has 0 unspecified atom stereocenters. The molecule has 150 valence electrons. The largest absolute Gasteiger partial charge is 0.477 e. The second kappa shape index (κ2) is 7.96. The minimum absolute atomic E-state index is 0.156. The van der Waals surface area contributed by atoms with Crippen LogP contribution >= 0.6 is 22.7 Å². The molecule has 6 nitrogen and oxygen atoms in total. The van der Waals surface area contributed by atoms with Crippen LogP contribution in [0, 0.1) is 0 Å². The van der Waals surface area contributed by atoms with E-state index < -0.39 is 5.97 Å². The van der Waals surface area contributed by atoms with Gasteiger partial charge in [-0.05, 0) is 26.2 Å². The van der Waals surface area contributed by atoms with Crippen LogP contribution in [0.25, 0.3) is 9.40 Å². The third-order valence-corrected chi connectivity index (χ3v) is 7.54. The van der Waals surface area contributed by atoms with E-state index in [2.05, 4.69) is 9.89 Å². The number of piperidine rings is 1. The van der Waals surface area contributed by atoms with Gasteiger partial charge < -0.3 is 15.7 Å². The molecule has 0 spiro atoms. The van der Waals surface area contributed by atoms with Crippen molar-refractivity contribution < 1.29 is 14.7 Å². The number of carbonyl (C=O) groups excluding carboxylic acids is 1. The Labute approximate surface area is 176 Å². The van der Waals surface area contributed by atoms with Crippen LogP contribution in [0.1, 0.15) is 51.1 Å². The number of nitrogen functional groups attached to an aromatic ring is 1. The Morgan fingerprint density at radius 3 is 2.38 bits per heavy atom. The Hall–Kier alpha value is -2.71. The summed E-state index contributed by atoms with van der Waals surface area (Å²) < 4.78 is 0.712. The maximum atomic E-state index is 12.9. The van der Waals surface area contributed by atoms with Crippen LogP contribution in [0.3, 0.4) is 0 Å². The van der Waals surface area contributed by atoms with Gasteiger partial charge in [0, 0.05) is 18.7 Å². The average Bonchev–Trinajstić information content (AvgIpc) is 3.26. The van der Waals surface area contributed by atoms with E-state index in [9.17, 15) is 14.7 Å². The maximum Gasteiger partial charge on any atom is 0.348 e. The summed E-state index contributed by atoms with van der Waals surface area (Å²) in [5.74, 6) is -0.400. The number of hydrogen-bond acceptors (Lipinski definition) is 6. The summed E-state index contributed by atoms with van der Waals surface area (Å²) in [6.45, 7) is 3.74. The normalized spacial score (nSPS) is 15.1. The van der Waals surface area contributed by atoms with Crippen LogP contribution < -0.4 is 5.73 Å². The van der Waals surface area contributed by atoms with Gasteiger partial charge in [0.25, 0.3) is 0 Å². The number of aromatic carboxylic acids is 1. The third kappa shape index (κ3) is 3.65. The van der Waals surface area contributed by atoms with E-state index in [1.165, 1.54) is 17.8 Å². The van der Waals surface area contributed by atoms with Crippen LogP contribution in [-0.2, 0) is 0 Å². The fourth-order valence-electron chi connectivity index (χ4n) is 3.56. The van der Waals surface area contributed by atoms with Gasteiger partial charge in [-0.3, -0.25) is 4.79 Å². The standard InChI is InChI=1S/C21H21N3O3S2/c1-12(24-10-6-3-7-11-24)23-16-14-15(22)18(17(25)13-8-4-2-5-9-13)28-21(14)29-19(16)20(26)27/h2,4-5,8-9H,3,6-7,10-11,22H2,1H3,(H,26,27). The molecule has 3 heterocycles. The average molecular weight is 428 g/mol. The van der Waals surface area contributed by atoms with Crippen molar-refractivity contribution in [3.05, 3.63) is 45.6 Å². The van der Waals surface area contributed by atoms with E-state index in [0.29, 0.717) is 31.2 Å². The van der Waals surface area contributed by atoms with Crippen LogP contribution in [0.5, 0.6) is 0 Å². The number of hydrogen-bond donors (Lipinski definition) is 2. The smallest absolute Gasteiger partial charge is 0.348 e. The highest BCUT2D eigenvalue weighted by atomic mass is 32.2. The van der Waals surface area contributed by atoms with Crippen LogP contribution in [0.15, 0.2) is 35.3 Å². The lowest BCUT2D eigenvalue weighted by atomic mass is 10.1. The summed E-state index contributed by atoms with van der Waals surface area (Å²) in [7, 11) is 0. The van der Waals surface area contributed by atoms with Crippen molar-refractivity contribution in [1.29, 1.82) is 0 Å². The zero-order valence-corrected chi connectivity index (χ0v) is 17.6. The number of nitrogens with two attached hydrogens (primary N) is 1. The van der Waals surface area contributed by atoms with Gasteiger partial charge in [0.1, 0.15) is 21.3 Å². The van der Waals surface area contributed by atoms with Crippen molar-refractivity contribution in [3.8, 4) is 0 Å². The van der Waals surface area contributed by atoms with Gasteiger partial charge in [0.15, 0.2) is 0 Å². The lowest BCUT2D eigenvalue weighted by Gasteiger charge is -2.28. The molecule has 29 heavy (non-hydrogen) atoms. The summed E-state index contributed by atoms with van der Waals surface area (Å²) in [4.78, 5) is 32.2. The van der Waals surface area contributed by atoms with Gasteiger partial charge in [-0.15, -0.1) is 22.7 Å². The third-order valence-electron chi connectivity index (χ3n) is 5.08. The monoisotopic (exact) mass is 427 g/mol. The predicted molar refractivity (Wildman–Crippen MR) is 119 cm³/mol. The highest BCUT2D eigenvalue weighted by Gasteiger charge is 2.27. The minimum Gasteiger partial charge on any atom is -0.477 e. The lowest BCUT2D eigenvalue weighted by Crippen LogP contribution is -2.33. The molecule has 4 rings (SSSR count). The molecule has 8 heteroatoms. The molecule has 0 radical (unpaired) electrons. The van der Waals surface area contributed by atoms with Gasteiger partial charge in [0.2, 0.25) is 5.78 Å². The molecule has 3 aromatic rings. The zero-order valence-electron chi connectivity index (χ0n) is 16.0. The van der Waals surface area contributed by atoms with Crippen molar-refractivity contribution in [2.45, 2.75) is 26.2 Å². The number of carboxylic acids is 1. The number of likely N-dealkylation sites (tertiary alicyclic amines) is 1. The van der Waals surface area contributed by atoms with Crippen LogP contribution in [0.2, 0.25) is 0 Å². The van der Waals surface area contributed by atoms with Crippen molar-refractivity contribution >= 4 is 61.0 Å². The highest BCUT2D eigenvalue weighted by Crippen LogP contribution is 2.48. The van der Waals surface area contributed by atoms with E-state index in [0.717, 1.165) is 43.1 Å². The van der Waals surface area contributed by atoms with Gasteiger partial charge in [-0.2, -0.15) is 0 Å². The number of fused-ring (bicyclic) bond motifs is 1.